The van der Waals surface area contributed by atoms with Gasteiger partial charge in [-0.2, -0.15) is 0 Å². The summed E-state index contributed by atoms with van der Waals surface area (Å²) in [7, 11) is 0. The molecule has 0 aliphatic heterocycles. The van der Waals surface area contributed by atoms with E-state index in [4.69, 9.17) is 19.9 Å². The van der Waals surface area contributed by atoms with Crippen molar-refractivity contribution in [3.8, 4) is 11.8 Å². The standard InChI is InChI=1S/C11H20N2O4/c1-2-3-6-17-11(14)13-5-8-16-10-9-15-7-4-12/h4-10,12H2,1H3,(H,13,14). The Labute approximate surface area is 102 Å². The number of nitrogens with two attached hydrogens (primary N) is 1. The lowest BCUT2D eigenvalue weighted by molar-refractivity contribution is 0.0514. The van der Waals surface area contributed by atoms with Crippen LogP contribution < -0.4 is 11.1 Å². The summed E-state index contributed by atoms with van der Waals surface area (Å²) < 4.78 is 15.0. The minimum Gasteiger partial charge on any atom is -0.436 e. The molecule has 0 saturated carbocycles. The molecule has 98 valence electrons. The first-order chi connectivity index (χ1) is 8.31. The molecule has 0 radical (unpaired) electrons. The van der Waals surface area contributed by atoms with Crippen LogP contribution in [0.2, 0.25) is 0 Å². The van der Waals surface area contributed by atoms with Gasteiger partial charge in [0, 0.05) is 13.1 Å². The molecule has 3 N–H and O–H groups in total. The van der Waals surface area contributed by atoms with Crippen LogP contribution in [0.3, 0.4) is 0 Å². The van der Waals surface area contributed by atoms with Crippen LogP contribution in [0.1, 0.15) is 6.92 Å². The van der Waals surface area contributed by atoms with Gasteiger partial charge >= 0.3 is 6.09 Å². The number of ether oxygens (including phenoxy) is 3. The maximum atomic E-state index is 11.0. The number of hydrogen-bond acceptors (Lipinski definition) is 5. The molecule has 0 fully saturated rings. The smallest absolute Gasteiger partial charge is 0.408 e. The van der Waals surface area contributed by atoms with Gasteiger partial charge < -0.3 is 25.3 Å². The van der Waals surface area contributed by atoms with Gasteiger partial charge in [-0.1, -0.05) is 5.92 Å². The van der Waals surface area contributed by atoms with Crippen molar-refractivity contribution >= 4 is 6.09 Å². The van der Waals surface area contributed by atoms with Gasteiger partial charge in [-0.15, -0.1) is 5.92 Å². The Kier molecular flexibility index (Phi) is 11.8. The van der Waals surface area contributed by atoms with Gasteiger partial charge in [-0.3, -0.25) is 0 Å². The van der Waals surface area contributed by atoms with E-state index < -0.39 is 6.09 Å². The molecule has 0 aromatic heterocycles. The van der Waals surface area contributed by atoms with Crippen LogP contribution in [0.5, 0.6) is 0 Å². The van der Waals surface area contributed by atoms with Gasteiger partial charge in [0.2, 0.25) is 0 Å². The maximum Gasteiger partial charge on any atom is 0.408 e. The molecular weight excluding hydrogens is 224 g/mol. The SMILES string of the molecule is CC#CCOC(=O)NCCOCCOCCN. The molecule has 0 saturated heterocycles. The topological polar surface area (TPSA) is 82.8 Å². The fraction of sp³-hybridized carbons (Fsp3) is 0.727. The van der Waals surface area contributed by atoms with Crippen LogP contribution in [0.15, 0.2) is 0 Å². The average Bonchev–Trinajstić information content (AvgIpc) is 2.33. The highest BCUT2D eigenvalue weighted by molar-refractivity contribution is 5.67. The number of rotatable bonds is 9. The Balaban J connectivity index is 3.15. The Hall–Kier alpha value is -1.29. The molecular formula is C11H20N2O4. The monoisotopic (exact) mass is 244 g/mol. The first-order valence-electron chi connectivity index (χ1n) is 5.47. The molecule has 6 nitrogen and oxygen atoms in total. The third-order valence-electron chi connectivity index (χ3n) is 1.60. The van der Waals surface area contributed by atoms with Crippen molar-refractivity contribution in [1.29, 1.82) is 0 Å². The molecule has 6 heteroatoms. The highest BCUT2D eigenvalue weighted by atomic mass is 16.5. The maximum absolute atomic E-state index is 11.0. The first kappa shape index (κ1) is 15.7. The van der Waals surface area contributed by atoms with Crippen molar-refractivity contribution in [2.24, 2.45) is 5.73 Å². The minimum atomic E-state index is -0.490. The second kappa shape index (κ2) is 12.8. The van der Waals surface area contributed by atoms with Crippen LogP contribution in [-0.2, 0) is 14.2 Å². The lowest BCUT2D eigenvalue weighted by Gasteiger charge is -2.06. The number of carbonyl (C=O) groups is 1. The summed E-state index contributed by atoms with van der Waals surface area (Å²) in [6, 6.07) is 0. The summed E-state index contributed by atoms with van der Waals surface area (Å²) in [6.07, 6.45) is -0.490. The van der Waals surface area contributed by atoms with E-state index in [1.165, 1.54) is 0 Å². The zero-order valence-electron chi connectivity index (χ0n) is 10.2. The molecule has 17 heavy (non-hydrogen) atoms. The van der Waals surface area contributed by atoms with E-state index in [0.717, 1.165) is 0 Å². The summed E-state index contributed by atoms with van der Waals surface area (Å²) in [5.74, 6) is 5.24. The molecule has 0 spiro atoms. The highest BCUT2D eigenvalue weighted by Crippen LogP contribution is 1.79. The molecule has 1 amide bonds. The van der Waals surface area contributed by atoms with Gasteiger partial charge in [0.1, 0.15) is 0 Å². The summed E-state index contributed by atoms with van der Waals surface area (Å²) in [5, 5.41) is 2.53. The minimum absolute atomic E-state index is 0.107. The van der Waals surface area contributed by atoms with E-state index in [0.29, 0.717) is 39.5 Å². The summed E-state index contributed by atoms with van der Waals surface area (Å²) in [4.78, 5) is 11.0. The lowest BCUT2D eigenvalue weighted by atomic mass is 10.6. The van der Waals surface area contributed by atoms with Gasteiger partial charge in [-0.25, -0.2) is 4.79 Å². The molecule has 0 aliphatic rings. The number of amides is 1. The van der Waals surface area contributed by atoms with Crippen LogP contribution in [0, 0.1) is 11.8 Å². The number of hydrogen-bond donors (Lipinski definition) is 2. The van der Waals surface area contributed by atoms with Gasteiger partial charge in [0.05, 0.1) is 26.4 Å². The molecule has 0 aromatic carbocycles. The van der Waals surface area contributed by atoms with Crippen molar-refractivity contribution < 1.29 is 19.0 Å². The Morgan fingerprint density at radius 3 is 2.59 bits per heavy atom. The normalized spacial score (nSPS) is 9.29. The Morgan fingerprint density at radius 2 is 1.94 bits per heavy atom. The zero-order valence-corrected chi connectivity index (χ0v) is 10.2. The molecule has 0 aromatic rings. The third kappa shape index (κ3) is 12.6. The summed E-state index contributed by atoms with van der Waals surface area (Å²) in [6.45, 7) is 4.64. The lowest BCUT2D eigenvalue weighted by Crippen LogP contribution is -2.28. The van der Waals surface area contributed by atoms with Crippen molar-refractivity contribution in [3.05, 3.63) is 0 Å². The first-order valence-corrected chi connectivity index (χ1v) is 5.47. The quantitative estimate of drug-likeness (QED) is 0.431. The second-order valence-electron chi connectivity index (χ2n) is 2.94. The second-order valence-corrected chi connectivity index (χ2v) is 2.94. The van der Waals surface area contributed by atoms with E-state index in [-0.39, 0.29) is 6.61 Å². The van der Waals surface area contributed by atoms with Crippen LogP contribution >= 0.6 is 0 Å². The van der Waals surface area contributed by atoms with Crippen LogP contribution in [-0.4, -0.2) is 52.2 Å². The Bertz CT molecular complexity index is 248. The molecule has 0 rings (SSSR count). The van der Waals surface area contributed by atoms with Crippen LogP contribution in [0.25, 0.3) is 0 Å². The average molecular weight is 244 g/mol. The van der Waals surface area contributed by atoms with Gasteiger partial charge in [-0.05, 0) is 6.92 Å². The van der Waals surface area contributed by atoms with Crippen molar-refractivity contribution in [2.75, 3.05) is 46.1 Å². The van der Waals surface area contributed by atoms with Crippen molar-refractivity contribution in [2.45, 2.75) is 6.92 Å². The van der Waals surface area contributed by atoms with E-state index in [1.807, 2.05) is 0 Å². The highest BCUT2D eigenvalue weighted by Gasteiger charge is 1.98. The third-order valence-corrected chi connectivity index (χ3v) is 1.60. The summed E-state index contributed by atoms with van der Waals surface area (Å²) >= 11 is 0. The zero-order chi connectivity index (χ0) is 12.8. The summed E-state index contributed by atoms with van der Waals surface area (Å²) in [5.41, 5.74) is 5.24. The van der Waals surface area contributed by atoms with Gasteiger partial charge in [0.15, 0.2) is 6.61 Å². The fourth-order valence-electron chi connectivity index (χ4n) is 0.855. The largest absolute Gasteiger partial charge is 0.436 e. The Morgan fingerprint density at radius 1 is 1.24 bits per heavy atom. The molecule has 0 aliphatic carbocycles. The number of alkyl carbamates (subject to hydrolysis) is 1. The fourth-order valence-corrected chi connectivity index (χ4v) is 0.855. The molecule has 0 unspecified atom stereocenters. The molecule has 0 atom stereocenters. The van der Waals surface area contributed by atoms with Crippen molar-refractivity contribution in [1.82, 2.24) is 5.32 Å². The predicted octanol–water partition coefficient (Wildman–Crippen LogP) is -0.272. The van der Waals surface area contributed by atoms with E-state index in [1.54, 1.807) is 6.92 Å². The van der Waals surface area contributed by atoms with E-state index in [2.05, 4.69) is 17.2 Å². The van der Waals surface area contributed by atoms with E-state index >= 15 is 0 Å². The number of nitrogens with one attached hydrogen (secondary N) is 1. The predicted molar refractivity (Wildman–Crippen MR) is 63.5 cm³/mol. The van der Waals surface area contributed by atoms with Crippen LogP contribution in [0.4, 0.5) is 4.79 Å². The number of carbonyl (C=O) groups excluding carboxylic acids is 1. The van der Waals surface area contributed by atoms with Gasteiger partial charge in [0.25, 0.3) is 0 Å². The van der Waals surface area contributed by atoms with Crippen molar-refractivity contribution in [3.63, 3.8) is 0 Å². The van der Waals surface area contributed by atoms with E-state index in [9.17, 15) is 4.79 Å². The molecule has 0 bridgehead atoms. The molecule has 0 heterocycles.